The quantitative estimate of drug-likeness (QED) is 0.630. The monoisotopic (exact) mass is 298 g/mol. The highest BCUT2D eigenvalue weighted by atomic mass is 16.8. The summed E-state index contributed by atoms with van der Waals surface area (Å²) in [6.07, 6.45) is -1.12. The molecule has 3 aliphatic heterocycles. The molecule has 4 fully saturated rings. The molecule has 0 aromatic heterocycles. The van der Waals surface area contributed by atoms with Gasteiger partial charge < -0.3 is 24.4 Å². The minimum Gasteiger partial charge on any atom is -0.432 e. The first-order chi connectivity index (χ1) is 9.80. The summed E-state index contributed by atoms with van der Waals surface area (Å²) in [4.78, 5) is 12.1. The molecular formula is C15H22O6. The van der Waals surface area contributed by atoms with E-state index in [1.807, 2.05) is 13.8 Å². The third-order valence-corrected chi connectivity index (χ3v) is 6.15. The van der Waals surface area contributed by atoms with Crippen LogP contribution >= 0.6 is 0 Å². The molecule has 3 saturated heterocycles. The number of aliphatic hydroxyl groups excluding tert-OH is 2. The van der Waals surface area contributed by atoms with Crippen LogP contribution in [-0.2, 0) is 19.0 Å². The van der Waals surface area contributed by atoms with Crippen molar-refractivity contribution in [2.45, 2.75) is 63.5 Å². The van der Waals surface area contributed by atoms with Gasteiger partial charge in [-0.25, -0.2) is 0 Å². The first kappa shape index (κ1) is 13.9. The van der Waals surface area contributed by atoms with Crippen molar-refractivity contribution in [3.05, 3.63) is 0 Å². The lowest BCUT2D eigenvalue weighted by atomic mass is 9.55. The number of hydrogen-bond donors (Lipinski definition) is 2. The molecule has 118 valence electrons. The van der Waals surface area contributed by atoms with Gasteiger partial charge in [-0.2, -0.15) is 0 Å². The van der Waals surface area contributed by atoms with E-state index in [1.165, 1.54) is 0 Å². The summed E-state index contributed by atoms with van der Waals surface area (Å²) in [5.74, 6) is -2.31. The van der Waals surface area contributed by atoms with Crippen LogP contribution in [0.15, 0.2) is 0 Å². The van der Waals surface area contributed by atoms with Gasteiger partial charge in [0.1, 0.15) is 5.60 Å². The number of aliphatic hydroxyl groups is 2. The van der Waals surface area contributed by atoms with Gasteiger partial charge in [0.05, 0.1) is 18.1 Å². The van der Waals surface area contributed by atoms with Crippen molar-refractivity contribution in [1.29, 1.82) is 0 Å². The van der Waals surface area contributed by atoms with Crippen molar-refractivity contribution in [2.24, 2.45) is 23.7 Å². The fourth-order valence-electron chi connectivity index (χ4n) is 5.10. The zero-order chi connectivity index (χ0) is 15.2. The number of carbonyl (C=O) groups is 1. The maximum absolute atomic E-state index is 12.1. The zero-order valence-electron chi connectivity index (χ0n) is 12.5. The van der Waals surface area contributed by atoms with Gasteiger partial charge in [0, 0.05) is 12.3 Å². The van der Waals surface area contributed by atoms with E-state index in [4.69, 9.17) is 14.2 Å². The fraction of sp³-hybridized carbons (Fsp3) is 0.933. The number of rotatable bonds is 0. The van der Waals surface area contributed by atoms with Crippen molar-refractivity contribution < 1.29 is 29.2 Å². The fourth-order valence-corrected chi connectivity index (χ4v) is 5.10. The summed E-state index contributed by atoms with van der Waals surface area (Å²) in [6.45, 7) is 5.51. The lowest BCUT2D eigenvalue weighted by Gasteiger charge is -2.58. The minimum absolute atomic E-state index is 0.0111. The van der Waals surface area contributed by atoms with Crippen LogP contribution in [0.5, 0.6) is 0 Å². The Morgan fingerprint density at radius 2 is 1.95 bits per heavy atom. The van der Waals surface area contributed by atoms with E-state index in [-0.39, 0.29) is 11.8 Å². The molecule has 0 amide bonds. The van der Waals surface area contributed by atoms with E-state index < -0.39 is 47.7 Å². The summed E-state index contributed by atoms with van der Waals surface area (Å²) < 4.78 is 17.7. The van der Waals surface area contributed by atoms with Gasteiger partial charge in [0.25, 0.3) is 0 Å². The molecule has 2 bridgehead atoms. The van der Waals surface area contributed by atoms with Gasteiger partial charge in [0.15, 0.2) is 5.79 Å². The van der Waals surface area contributed by atoms with E-state index in [1.54, 1.807) is 6.92 Å². The Morgan fingerprint density at radius 3 is 2.67 bits per heavy atom. The molecule has 1 saturated carbocycles. The standard InChI is InChI=1S/C15H22O6/c1-6-8-4-5-14(3)20-13-15(8,21-14)9(11(17)10(6)16)7(2)12(18)19-13/h6-11,13,16-17H,4-5H2,1-3H3. The first-order valence-corrected chi connectivity index (χ1v) is 7.75. The van der Waals surface area contributed by atoms with Crippen molar-refractivity contribution in [3.63, 3.8) is 0 Å². The summed E-state index contributed by atoms with van der Waals surface area (Å²) in [6, 6.07) is 0. The summed E-state index contributed by atoms with van der Waals surface area (Å²) in [5, 5.41) is 21.0. The molecule has 21 heavy (non-hydrogen) atoms. The Labute approximate surface area is 123 Å². The predicted octanol–water partition coefficient (Wildman–Crippen LogP) is 0.405. The SMILES string of the molecule is CC1C(=O)OC2OC3(C)CCC4C(C)C(O)C(O)C1C24O3. The lowest BCUT2D eigenvalue weighted by molar-refractivity contribution is -0.299. The van der Waals surface area contributed by atoms with Crippen molar-refractivity contribution in [3.8, 4) is 0 Å². The average Bonchev–Trinajstić information content (AvgIpc) is 2.64. The minimum atomic E-state index is -1.01. The van der Waals surface area contributed by atoms with E-state index in [9.17, 15) is 15.0 Å². The van der Waals surface area contributed by atoms with Crippen LogP contribution in [0.2, 0.25) is 0 Å². The number of carbonyl (C=O) groups excluding carboxylic acids is 1. The van der Waals surface area contributed by atoms with Gasteiger partial charge in [0.2, 0.25) is 6.29 Å². The second-order valence-electron chi connectivity index (χ2n) is 7.28. The predicted molar refractivity (Wildman–Crippen MR) is 69.7 cm³/mol. The molecule has 1 spiro atoms. The molecule has 0 aromatic carbocycles. The third-order valence-electron chi connectivity index (χ3n) is 6.15. The second-order valence-corrected chi connectivity index (χ2v) is 7.28. The molecular weight excluding hydrogens is 276 g/mol. The van der Waals surface area contributed by atoms with Crippen LogP contribution < -0.4 is 0 Å². The number of hydrogen-bond acceptors (Lipinski definition) is 6. The molecule has 0 radical (unpaired) electrons. The molecule has 9 atom stereocenters. The lowest BCUT2D eigenvalue weighted by Crippen LogP contribution is -2.72. The van der Waals surface area contributed by atoms with E-state index in [2.05, 4.69) is 0 Å². The molecule has 4 aliphatic rings. The van der Waals surface area contributed by atoms with Gasteiger partial charge in [-0.3, -0.25) is 4.79 Å². The number of fused-ring (bicyclic) bond motifs is 1. The van der Waals surface area contributed by atoms with Crippen molar-refractivity contribution in [1.82, 2.24) is 0 Å². The molecule has 6 heteroatoms. The molecule has 9 unspecified atom stereocenters. The van der Waals surface area contributed by atoms with Crippen LogP contribution in [0.1, 0.15) is 33.6 Å². The largest absolute Gasteiger partial charge is 0.432 e. The Hall–Kier alpha value is -0.690. The highest BCUT2D eigenvalue weighted by molar-refractivity contribution is 5.74. The maximum atomic E-state index is 12.1. The Balaban J connectivity index is 1.88. The number of ether oxygens (including phenoxy) is 3. The third kappa shape index (κ3) is 1.49. The molecule has 0 aromatic rings. The van der Waals surface area contributed by atoms with Crippen LogP contribution in [0.3, 0.4) is 0 Å². The van der Waals surface area contributed by atoms with Gasteiger partial charge in [-0.15, -0.1) is 0 Å². The number of esters is 1. The molecule has 2 N–H and O–H groups in total. The average molecular weight is 298 g/mol. The van der Waals surface area contributed by atoms with Gasteiger partial charge in [-0.05, 0) is 25.2 Å². The van der Waals surface area contributed by atoms with Crippen LogP contribution in [0.25, 0.3) is 0 Å². The normalized spacial score (nSPS) is 62.1. The molecule has 1 aliphatic carbocycles. The maximum Gasteiger partial charge on any atom is 0.311 e. The Morgan fingerprint density at radius 1 is 1.24 bits per heavy atom. The van der Waals surface area contributed by atoms with Crippen LogP contribution in [-0.4, -0.2) is 46.1 Å². The van der Waals surface area contributed by atoms with Crippen LogP contribution in [0, 0.1) is 23.7 Å². The van der Waals surface area contributed by atoms with Crippen molar-refractivity contribution >= 4 is 5.97 Å². The Kier molecular flexibility index (Phi) is 2.64. The highest BCUT2D eigenvalue weighted by Gasteiger charge is 2.75. The van der Waals surface area contributed by atoms with Crippen molar-refractivity contribution in [2.75, 3.05) is 0 Å². The van der Waals surface area contributed by atoms with E-state index >= 15 is 0 Å². The van der Waals surface area contributed by atoms with Gasteiger partial charge in [-0.1, -0.05) is 13.8 Å². The smallest absolute Gasteiger partial charge is 0.311 e. The van der Waals surface area contributed by atoms with Crippen LogP contribution in [0.4, 0.5) is 0 Å². The van der Waals surface area contributed by atoms with E-state index in [0.717, 1.165) is 6.42 Å². The first-order valence-electron chi connectivity index (χ1n) is 7.75. The summed E-state index contributed by atoms with van der Waals surface area (Å²) >= 11 is 0. The van der Waals surface area contributed by atoms with Gasteiger partial charge >= 0.3 is 5.97 Å². The summed E-state index contributed by atoms with van der Waals surface area (Å²) in [7, 11) is 0. The zero-order valence-corrected chi connectivity index (χ0v) is 12.5. The highest BCUT2D eigenvalue weighted by Crippen LogP contribution is 2.62. The van der Waals surface area contributed by atoms with E-state index in [0.29, 0.717) is 6.42 Å². The molecule has 3 heterocycles. The topological polar surface area (TPSA) is 85.2 Å². The summed E-state index contributed by atoms with van der Waals surface area (Å²) in [5.41, 5.74) is -0.835. The molecule has 4 rings (SSSR count). The molecule has 6 nitrogen and oxygen atoms in total. The second kappa shape index (κ2) is 3.98. The Bertz CT molecular complexity index is 495.